The summed E-state index contributed by atoms with van der Waals surface area (Å²) in [5.41, 5.74) is 2.28. The number of nitrogens with one attached hydrogen (secondary N) is 1. The molecule has 0 radical (unpaired) electrons. The molecule has 0 bridgehead atoms. The summed E-state index contributed by atoms with van der Waals surface area (Å²) < 4.78 is 10.4. The van der Waals surface area contributed by atoms with Crippen molar-refractivity contribution in [2.75, 3.05) is 13.2 Å². The fourth-order valence-electron chi connectivity index (χ4n) is 3.53. The van der Waals surface area contributed by atoms with Crippen LogP contribution >= 0.6 is 0 Å². The van der Waals surface area contributed by atoms with E-state index in [4.69, 9.17) is 4.74 Å². The van der Waals surface area contributed by atoms with Gasteiger partial charge in [-0.2, -0.15) is 5.10 Å². The van der Waals surface area contributed by atoms with Gasteiger partial charge in [-0.25, -0.2) is 14.5 Å². The molecule has 160 valence electrons. The van der Waals surface area contributed by atoms with E-state index in [9.17, 15) is 9.59 Å². The maximum absolute atomic E-state index is 12.6. The van der Waals surface area contributed by atoms with Crippen LogP contribution in [0.2, 0.25) is 0 Å². The standard InChI is InChI=1S/C22H24N6O3/c1-3-31-22(30)17-13-25-28(20(17)14-23-8-10-27-11-9-24-15-27)19-12-21(29)26(2)18-7-5-4-6-16(18)19/h4-7,9,11-13,15,23H,3,8,10,14H2,1-2H3. The molecule has 0 aliphatic rings. The third-order valence-electron chi connectivity index (χ3n) is 5.12. The van der Waals surface area contributed by atoms with E-state index in [-0.39, 0.29) is 12.2 Å². The zero-order chi connectivity index (χ0) is 21.8. The van der Waals surface area contributed by atoms with Gasteiger partial charge in [-0.15, -0.1) is 0 Å². The molecule has 0 saturated carbocycles. The minimum absolute atomic E-state index is 0.152. The third-order valence-corrected chi connectivity index (χ3v) is 5.12. The lowest BCUT2D eigenvalue weighted by Crippen LogP contribution is -2.23. The predicted octanol–water partition coefficient (Wildman–Crippen LogP) is 1.89. The van der Waals surface area contributed by atoms with Gasteiger partial charge in [0.2, 0.25) is 0 Å². The summed E-state index contributed by atoms with van der Waals surface area (Å²) in [7, 11) is 1.74. The van der Waals surface area contributed by atoms with Crippen molar-refractivity contribution in [3.8, 4) is 5.69 Å². The van der Waals surface area contributed by atoms with E-state index in [0.29, 0.717) is 30.0 Å². The average molecular weight is 420 g/mol. The minimum Gasteiger partial charge on any atom is -0.462 e. The van der Waals surface area contributed by atoms with Gasteiger partial charge in [0, 0.05) is 50.5 Å². The molecule has 1 aromatic carbocycles. The molecular weight excluding hydrogens is 396 g/mol. The molecule has 0 aliphatic carbocycles. The van der Waals surface area contributed by atoms with Crippen LogP contribution in [0, 0.1) is 0 Å². The van der Waals surface area contributed by atoms with Crippen molar-refractivity contribution in [3.63, 3.8) is 0 Å². The van der Waals surface area contributed by atoms with Gasteiger partial charge in [0.25, 0.3) is 5.56 Å². The molecule has 9 nitrogen and oxygen atoms in total. The van der Waals surface area contributed by atoms with Gasteiger partial charge >= 0.3 is 5.97 Å². The smallest absolute Gasteiger partial charge is 0.341 e. The van der Waals surface area contributed by atoms with Crippen LogP contribution in [-0.4, -0.2) is 43.0 Å². The molecule has 3 heterocycles. The number of para-hydroxylation sites is 1. The van der Waals surface area contributed by atoms with Gasteiger partial charge in [0.1, 0.15) is 5.56 Å². The zero-order valence-electron chi connectivity index (χ0n) is 17.5. The highest BCUT2D eigenvalue weighted by atomic mass is 16.5. The van der Waals surface area contributed by atoms with Gasteiger partial charge in [0.15, 0.2) is 0 Å². The molecule has 0 unspecified atom stereocenters. The maximum Gasteiger partial charge on any atom is 0.341 e. The number of aryl methyl sites for hydroxylation is 1. The van der Waals surface area contributed by atoms with Crippen molar-refractivity contribution in [2.45, 2.75) is 20.0 Å². The number of esters is 1. The van der Waals surface area contributed by atoms with Crippen LogP contribution in [0.25, 0.3) is 16.6 Å². The number of benzene rings is 1. The molecule has 3 aromatic heterocycles. The Kier molecular flexibility index (Phi) is 5.94. The number of aromatic nitrogens is 5. The molecule has 0 fully saturated rings. The first kappa shape index (κ1) is 20.5. The zero-order valence-corrected chi connectivity index (χ0v) is 17.5. The fraction of sp³-hybridized carbons (Fsp3) is 0.273. The number of rotatable bonds is 8. The minimum atomic E-state index is -0.437. The van der Waals surface area contributed by atoms with E-state index in [1.54, 1.807) is 41.8 Å². The molecule has 0 spiro atoms. The summed E-state index contributed by atoms with van der Waals surface area (Å²) in [6.45, 7) is 3.82. The van der Waals surface area contributed by atoms with Crippen molar-refractivity contribution in [1.82, 2.24) is 29.2 Å². The normalized spacial score (nSPS) is 11.2. The van der Waals surface area contributed by atoms with E-state index in [0.717, 1.165) is 17.4 Å². The van der Waals surface area contributed by atoms with Crippen molar-refractivity contribution in [2.24, 2.45) is 7.05 Å². The first-order valence-corrected chi connectivity index (χ1v) is 10.1. The Labute approximate surface area is 178 Å². The lowest BCUT2D eigenvalue weighted by Gasteiger charge is -2.14. The van der Waals surface area contributed by atoms with E-state index in [2.05, 4.69) is 15.4 Å². The summed E-state index contributed by atoms with van der Waals surface area (Å²) >= 11 is 0. The second-order valence-corrected chi connectivity index (χ2v) is 7.06. The summed E-state index contributed by atoms with van der Waals surface area (Å²) in [4.78, 5) is 29.1. The van der Waals surface area contributed by atoms with Crippen LogP contribution in [0.3, 0.4) is 0 Å². The predicted molar refractivity (Wildman–Crippen MR) is 116 cm³/mol. The lowest BCUT2D eigenvalue weighted by atomic mass is 10.1. The van der Waals surface area contributed by atoms with E-state index in [1.165, 1.54) is 6.20 Å². The summed E-state index contributed by atoms with van der Waals surface area (Å²) in [6.07, 6.45) is 6.87. The van der Waals surface area contributed by atoms with Crippen molar-refractivity contribution in [1.29, 1.82) is 0 Å². The number of imidazole rings is 1. The van der Waals surface area contributed by atoms with E-state index >= 15 is 0 Å². The maximum atomic E-state index is 12.6. The van der Waals surface area contributed by atoms with E-state index in [1.807, 2.05) is 35.0 Å². The Morgan fingerprint density at radius 3 is 2.87 bits per heavy atom. The largest absolute Gasteiger partial charge is 0.462 e. The molecule has 0 amide bonds. The quantitative estimate of drug-likeness (QED) is 0.345. The summed E-state index contributed by atoms with van der Waals surface area (Å²) in [5, 5.41) is 8.66. The number of hydrogen-bond acceptors (Lipinski definition) is 6. The van der Waals surface area contributed by atoms with Gasteiger partial charge in [-0.3, -0.25) is 4.79 Å². The van der Waals surface area contributed by atoms with E-state index < -0.39 is 5.97 Å². The molecule has 9 heteroatoms. The number of ether oxygens (including phenoxy) is 1. The van der Waals surface area contributed by atoms with Crippen LogP contribution in [-0.2, 0) is 24.9 Å². The van der Waals surface area contributed by atoms with Crippen LogP contribution < -0.4 is 10.9 Å². The molecule has 0 aliphatic heterocycles. The highest BCUT2D eigenvalue weighted by molar-refractivity contribution is 5.92. The molecular formula is C22H24N6O3. The Bertz CT molecular complexity index is 1260. The number of nitrogens with zero attached hydrogens (tertiary/aromatic N) is 5. The molecule has 0 atom stereocenters. The first-order chi connectivity index (χ1) is 15.1. The summed E-state index contributed by atoms with van der Waals surface area (Å²) in [5.74, 6) is -0.437. The molecule has 0 saturated heterocycles. The van der Waals surface area contributed by atoms with Crippen molar-refractivity contribution >= 4 is 16.9 Å². The number of hydrogen-bond donors (Lipinski definition) is 1. The number of carbonyl (C=O) groups is 1. The van der Waals surface area contributed by atoms with Crippen molar-refractivity contribution in [3.05, 3.63) is 76.9 Å². The Balaban J connectivity index is 1.72. The van der Waals surface area contributed by atoms with Gasteiger partial charge in [0.05, 0.1) is 36.0 Å². The van der Waals surface area contributed by atoms with Crippen LogP contribution in [0.1, 0.15) is 23.0 Å². The Morgan fingerprint density at radius 1 is 1.26 bits per heavy atom. The first-order valence-electron chi connectivity index (χ1n) is 10.1. The number of fused-ring (bicyclic) bond motifs is 1. The summed E-state index contributed by atoms with van der Waals surface area (Å²) in [6, 6.07) is 9.16. The van der Waals surface area contributed by atoms with Gasteiger partial charge in [-0.1, -0.05) is 18.2 Å². The Hall–Kier alpha value is -3.72. The third kappa shape index (κ3) is 4.13. The lowest BCUT2D eigenvalue weighted by molar-refractivity contribution is 0.0525. The average Bonchev–Trinajstić information content (AvgIpc) is 3.44. The number of pyridine rings is 1. The highest BCUT2D eigenvalue weighted by Gasteiger charge is 2.21. The monoisotopic (exact) mass is 420 g/mol. The van der Waals surface area contributed by atoms with Crippen LogP contribution in [0.5, 0.6) is 0 Å². The second-order valence-electron chi connectivity index (χ2n) is 7.06. The second kappa shape index (κ2) is 8.97. The van der Waals surface area contributed by atoms with Crippen LogP contribution in [0.15, 0.2) is 60.0 Å². The van der Waals surface area contributed by atoms with Gasteiger partial charge in [-0.05, 0) is 13.0 Å². The van der Waals surface area contributed by atoms with Crippen molar-refractivity contribution < 1.29 is 9.53 Å². The molecule has 1 N–H and O–H groups in total. The number of carbonyl (C=O) groups excluding carboxylic acids is 1. The SMILES string of the molecule is CCOC(=O)c1cnn(-c2cc(=O)n(C)c3ccccc23)c1CNCCn1ccnc1. The highest BCUT2D eigenvalue weighted by Crippen LogP contribution is 2.23. The fourth-order valence-corrected chi connectivity index (χ4v) is 3.53. The van der Waals surface area contributed by atoms with Gasteiger partial charge < -0.3 is 19.2 Å². The topological polar surface area (TPSA) is 96.0 Å². The molecule has 31 heavy (non-hydrogen) atoms. The molecule has 4 rings (SSSR count). The molecule has 4 aromatic rings. The van der Waals surface area contributed by atoms with Crippen LogP contribution in [0.4, 0.5) is 0 Å². The Morgan fingerprint density at radius 2 is 2.10 bits per heavy atom.